The number of halogens is 14. The Hall–Kier alpha value is -5.88. The van der Waals surface area contributed by atoms with E-state index in [1.807, 2.05) is 58.0 Å². The topological polar surface area (TPSA) is 91.8 Å². The van der Waals surface area contributed by atoms with Crippen molar-refractivity contribution in [1.29, 1.82) is 0 Å². The van der Waals surface area contributed by atoms with Crippen molar-refractivity contribution in [2.45, 2.75) is 104 Å². The summed E-state index contributed by atoms with van der Waals surface area (Å²) in [5.41, 5.74) is 5.86. The molecule has 0 radical (unpaired) electrons. The molecular formula is C54H44F14N2O5PS4+. The molecule has 7 nitrogen and oxygen atoms in total. The maximum atomic E-state index is 14.3. The maximum Gasteiger partial charge on any atom is 0.160 e. The Morgan fingerprint density at radius 1 is 0.562 bits per heavy atom. The summed E-state index contributed by atoms with van der Waals surface area (Å²) in [6, 6.07) is 17.6. The first-order valence-corrected chi connectivity index (χ1v) is 29.8. The molecule has 0 aromatic heterocycles. The summed E-state index contributed by atoms with van der Waals surface area (Å²) in [5.74, 6) is -8.40. The fraction of sp³-hybridized carbons (Fsp3) is 0.241. The van der Waals surface area contributed by atoms with Crippen LogP contribution < -0.4 is 0 Å². The molecule has 26 heteroatoms. The molecule has 0 unspecified atom stereocenters. The molecule has 0 bridgehead atoms. The van der Waals surface area contributed by atoms with E-state index in [-0.39, 0.29) is 62.5 Å². The third kappa shape index (κ3) is 15.8. The molecule has 6 aromatic rings. The molecule has 6 aromatic carbocycles. The van der Waals surface area contributed by atoms with E-state index in [9.17, 15) is 83.7 Å². The third-order valence-corrected chi connectivity index (χ3v) is 18.9. The number of hydrogen-bond acceptors (Lipinski definition) is 7. The van der Waals surface area contributed by atoms with Crippen LogP contribution in [0.3, 0.4) is 0 Å². The van der Waals surface area contributed by atoms with E-state index in [2.05, 4.69) is 0 Å². The van der Waals surface area contributed by atoms with Crippen molar-refractivity contribution in [3.8, 4) is 0 Å². The Labute approximate surface area is 462 Å². The first-order chi connectivity index (χ1) is 37.1. The van der Waals surface area contributed by atoms with Gasteiger partial charge in [-0.05, 0) is 116 Å². The van der Waals surface area contributed by atoms with Crippen molar-refractivity contribution in [3.63, 3.8) is 0 Å². The fourth-order valence-electron chi connectivity index (χ4n) is 8.72. The standard InChI is InChI=1S/C27H22F4NO2S2.C15H18NO2.C12H4F4OS2.F6P/c1-14-6-17(7-15(2)18(14)8-16(33)13-32-5-3-4-27(32)34)36-25-11-21(30)19(28)9-23(25)35-24-10-20(29)22(31)12-26(24)36;1-11-5-3-6-12(2)14(11)9-13(17)10-16-8-4-7-15(16)18;13-5-1-9-11(3-7(5)15)19(17)12-4-8(16)6(14)2-10(12)18-9;1-7(2,3,4,5)6/h6-7,9-12H,3-5,8,13H2,1-2H3;3,5-7H,4,8-10H2,1-2H3;1-4H;/q2*+1;;-1. The molecular weight excluding hydrogens is 1180 g/mol. The number of amides is 2. The van der Waals surface area contributed by atoms with Crippen LogP contribution in [0.15, 0.2) is 123 Å². The zero-order chi connectivity index (χ0) is 59.0. The SMILES string of the molecule is Cc1cc([S+]2c3cc(F)c(F)cc3Sc3cc(F)c(F)cc32)cc(C)c1CC(=O)CN1CCCC1=O.Cc1cccc(C)c1CC(=O)CN1CC[CH+]C1=O.F[P-](F)(F)(F)(F)F.O=S1c2cc(F)c(F)cc2Sc2cc(F)c(F)cc21. The van der Waals surface area contributed by atoms with E-state index >= 15 is 0 Å². The van der Waals surface area contributed by atoms with Gasteiger partial charge in [-0.2, -0.15) is 0 Å². The minimum atomic E-state index is -10.7. The summed E-state index contributed by atoms with van der Waals surface area (Å²) in [4.78, 5) is 54.4. The largest absolute Gasteiger partial charge is 0.249 e. The molecule has 2 fully saturated rings. The van der Waals surface area contributed by atoms with Gasteiger partial charge in [0.25, 0.3) is 0 Å². The Kier molecular flexibility index (Phi) is 18.2. The van der Waals surface area contributed by atoms with E-state index in [4.69, 9.17) is 0 Å². The number of carbonyl (C=O) groups is 4. The summed E-state index contributed by atoms with van der Waals surface area (Å²) in [7, 11) is -13.5. The minimum absolute atomic E-state index is 0.00632. The molecule has 0 aliphatic carbocycles. The van der Waals surface area contributed by atoms with Crippen LogP contribution >= 0.6 is 31.3 Å². The third-order valence-electron chi connectivity index (χ3n) is 12.5. The second-order valence-corrected chi connectivity index (χ2v) is 26.1. The molecule has 10 rings (SSSR count). The quantitative estimate of drug-likeness (QED) is 0.0615. The number of carbonyl (C=O) groups excluding carboxylic acids is 4. The second kappa shape index (κ2) is 23.5. The van der Waals surface area contributed by atoms with E-state index in [1.165, 1.54) is 0 Å². The number of likely N-dealkylation sites (tertiary alicyclic amines) is 2. The van der Waals surface area contributed by atoms with Gasteiger partial charge in [-0.1, -0.05) is 41.7 Å². The molecule has 0 saturated carbocycles. The number of aryl methyl sites for hydroxylation is 4. The zero-order valence-corrected chi connectivity index (χ0v) is 46.4. The number of benzene rings is 6. The zero-order valence-electron chi connectivity index (χ0n) is 42.3. The van der Waals surface area contributed by atoms with Crippen LogP contribution in [0.5, 0.6) is 0 Å². The average molecular weight is 1230 g/mol. The van der Waals surface area contributed by atoms with Crippen molar-refractivity contribution < 1.29 is 83.7 Å². The van der Waals surface area contributed by atoms with Gasteiger partial charge in [0.05, 0.1) is 50.0 Å². The van der Waals surface area contributed by atoms with Crippen LogP contribution in [-0.4, -0.2) is 63.6 Å². The molecule has 426 valence electrons. The molecule has 80 heavy (non-hydrogen) atoms. The van der Waals surface area contributed by atoms with Gasteiger partial charge in [-0.25, -0.2) is 44.1 Å². The number of rotatable bonds is 9. The molecule has 4 aliphatic heterocycles. The normalized spacial score (nSPS) is 15.6. The minimum Gasteiger partial charge on any atom is -0.249 e. The smallest absolute Gasteiger partial charge is 0.160 e. The van der Waals surface area contributed by atoms with Gasteiger partial charge in [-0.15, -0.1) is 0 Å². The first-order valence-electron chi connectivity index (χ1n) is 23.7. The number of hydrogen-bond donors (Lipinski definition) is 0. The van der Waals surface area contributed by atoms with Gasteiger partial charge >= 0.3 is 38.9 Å². The van der Waals surface area contributed by atoms with Crippen LogP contribution in [0.25, 0.3) is 0 Å². The summed E-state index contributed by atoms with van der Waals surface area (Å²) in [5, 5.41) is 0. The predicted octanol–water partition coefficient (Wildman–Crippen LogP) is 15.3. The molecule has 0 N–H and O–H groups in total. The van der Waals surface area contributed by atoms with Gasteiger partial charge in [0, 0.05) is 47.7 Å². The van der Waals surface area contributed by atoms with Crippen LogP contribution in [0.4, 0.5) is 60.3 Å². The molecule has 0 atom stereocenters. The van der Waals surface area contributed by atoms with E-state index in [0.717, 1.165) is 123 Å². The van der Waals surface area contributed by atoms with E-state index < -0.39 is 76.0 Å². The number of nitrogens with zero attached hydrogens (tertiary/aromatic N) is 2. The monoisotopic (exact) mass is 1230 g/mol. The van der Waals surface area contributed by atoms with Gasteiger partial charge in [-0.3, -0.25) is 19.3 Å². The Bertz CT molecular complexity index is 3360. The van der Waals surface area contributed by atoms with Crippen LogP contribution in [0.1, 0.15) is 52.6 Å². The Morgan fingerprint density at radius 3 is 1.36 bits per heavy atom. The van der Waals surface area contributed by atoms with Crippen molar-refractivity contribution in [1.82, 2.24) is 9.80 Å². The van der Waals surface area contributed by atoms with Crippen molar-refractivity contribution in [2.24, 2.45) is 0 Å². The van der Waals surface area contributed by atoms with Crippen LogP contribution in [0.2, 0.25) is 0 Å². The van der Waals surface area contributed by atoms with E-state index in [1.54, 1.807) is 16.2 Å². The fourth-order valence-corrected chi connectivity index (χ4v) is 15.4. The van der Waals surface area contributed by atoms with Gasteiger partial charge in [0.1, 0.15) is 17.3 Å². The molecule has 4 aliphatic rings. The van der Waals surface area contributed by atoms with Crippen molar-refractivity contribution >= 4 is 76.4 Å². The molecule has 4 heterocycles. The summed E-state index contributed by atoms with van der Waals surface area (Å²) in [6.07, 6.45) is 4.22. The molecule has 0 spiro atoms. The maximum absolute atomic E-state index is 14.3. The number of Topliss-reactive ketones (excluding diaryl/α,β-unsaturated/α-hetero) is 2. The second-order valence-electron chi connectivity index (χ2n) is 18.6. The van der Waals surface area contributed by atoms with Crippen LogP contribution in [0, 0.1) is 80.7 Å². The van der Waals surface area contributed by atoms with Gasteiger partial charge < -0.3 is 4.90 Å². The predicted molar refractivity (Wildman–Crippen MR) is 275 cm³/mol. The van der Waals surface area contributed by atoms with Crippen molar-refractivity contribution in [3.05, 3.63) is 165 Å². The van der Waals surface area contributed by atoms with Gasteiger partial charge in [0.15, 0.2) is 79.2 Å². The molecule has 2 amide bonds. The summed E-state index contributed by atoms with van der Waals surface area (Å²) < 4.78 is 181. The summed E-state index contributed by atoms with van der Waals surface area (Å²) >= 11 is 2.00. The Morgan fingerprint density at radius 2 is 0.950 bits per heavy atom. The Balaban J connectivity index is 0.000000177. The number of ketones is 2. The first kappa shape index (κ1) is 61.7. The average Bonchev–Trinajstić information content (AvgIpc) is 4.07. The molecule has 2 saturated heterocycles. The van der Waals surface area contributed by atoms with Gasteiger partial charge in [0.2, 0.25) is 5.91 Å². The number of fused-ring (bicyclic) bond motifs is 4. The van der Waals surface area contributed by atoms with E-state index in [0.29, 0.717) is 45.5 Å². The van der Waals surface area contributed by atoms with Crippen molar-refractivity contribution in [2.75, 3.05) is 26.2 Å². The summed E-state index contributed by atoms with van der Waals surface area (Å²) in [6.45, 7) is 9.35. The van der Waals surface area contributed by atoms with Crippen LogP contribution in [-0.2, 0) is 53.7 Å².